The maximum absolute atomic E-state index is 12.2. The lowest BCUT2D eigenvalue weighted by molar-refractivity contribution is 0.0940. The summed E-state index contributed by atoms with van der Waals surface area (Å²) in [6.07, 6.45) is 0. The Bertz CT molecular complexity index is 619. The third-order valence-electron chi connectivity index (χ3n) is 3.36. The molecule has 2 aromatic carbocycles. The Labute approximate surface area is 124 Å². The van der Waals surface area contributed by atoms with Gasteiger partial charge in [0.1, 0.15) is 0 Å². The first-order valence-electron chi connectivity index (χ1n) is 6.61. The first kappa shape index (κ1) is 14.6. The zero-order valence-corrected chi connectivity index (χ0v) is 12.7. The van der Waals surface area contributed by atoms with E-state index in [0.29, 0.717) is 10.6 Å². The molecule has 2 rings (SSSR count). The molecule has 0 heterocycles. The van der Waals surface area contributed by atoms with Gasteiger partial charge in [0.05, 0.1) is 6.04 Å². The predicted molar refractivity (Wildman–Crippen MR) is 83.2 cm³/mol. The third-order valence-corrected chi connectivity index (χ3v) is 3.61. The lowest BCUT2D eigenvalue weighted by Crippen LogP contribution is -2.27. The fraction of sp³-hybridized carbons (Fsp3) is 0.235. The highest BCUT2D eigenvalue weighted by atomic mass is 35.5. The molecule has 0 aromatic heterocycles. The van der Waals surface area contributed by atoms with E-state index in [0.717, 1.165) is 5.56 Å². The summed E-state index contributed by atoms with van der Waals surface area (Å²) in [5.74, 6) is -0.0879. The van der Waals surface area contributed by atoms with Crippen LogP contribution in [0.1, 0.15) is 40.0 Å². The molecule has 104 valence electrons. The zero-order valence-electron chi connectivity index (χ0n) is 11.9. The maximum atomic E-state index is 12.2. The van der Waals surface area contributed by atoms with Crippen LogP contribution in [0.3, 0.4) is 0 Å². The van der Waals surface area contributed by atoms with Gasteiger partial charge in [0.25, 0.3) is 5.91 Å². The van der Waals surface area contributed by atoms with E-state index < -0.39 is 0 Å². The average Bonchev–Trinajstić information content (AvgIpc) is 2.42. The number of hydrogen-bond donors (Lipinski definition) is 1. The Kier molecular flexibility index (Phi) is 4.46. The molecule has 0 saturated heterocycles. The molecule has 2 nitrogen and oxygen atoms in total. The maximum Gasteiger partial charge on any atom is 0.251 e. The summed E-state index contributed by atoms with van der Waals surface area (Å²) in [7, 11) is 0. The van der Waals surface area contributed by atoms with Gasteiger partial charge in [-0.15, -0.1) is 0 Å². The third kappa shape index (κ3) is 3.40. The van der Waals surface area contributed by atoms with E-state index >= 15 is 0 Å². The van der Waals surface area contributed by atoms with E-state index in [1.165, 1.54) is 11.1 Å². The van der Waals surface area contributed by atoms with Crippen molar-refractivity contribution < 1.29 is 4.79 Å². The molecule has 2 aromatic rings. The average molecular weight is 288 g/mol. The van der Waals surface area contributed by atoms with Gasteiger partial charge < -0.3 is 5.32 Å². The molecule has 1 atom stereocenters. The van der Waals surface area contributed by atoms with E-state index in [1.54, 1.807) is 24.3 Å². The van der Waals surface area contributed by atoms with Crippen LogP contribution < -0.4 is 5.32 Å². The highest BCUT2D eigenvalue weighted by Gasteiger charge is 2.13. The molecule has 1 amide bonds. The van der Waals surface area contributed by atoms with Crippen LogP contribution in [0.15, 0.2) is 42.5 Å². The highest BCUT2D eigenvalue weighted by Crippen LogP contribution is 2.19. The van der Waals surface area contributed by atoms with Gasteiger partial charge in [-0.05, 0) is 56.2 Å². The largest absolute Gasteiger partial charge is 0.346 e. The predicted octanol–water partition coefficient (Wildman–Crippen LogP) is 4.45. The summed E-state index contributed by atoms with van der Waals surface area (Å²) in [5.41, 5.74) is 4.14. The Hall–Kier alpha value is -1.80. The minimum atomic E-state index is -0.0879. The minimum Gasteiger partial charge on any atom is -0.346 e. The summed E-state index contributed by atoms with van der Waals surface area (Å²) in [6, 6.07) is 13.1. The molecular formula is C17H18ClNO. The Morgan fingerprint density at radius 1 is 1.10 bits per heavy atom. The molecule has 20 heavy (non-hydrogen) atoms. The second-order valence-corrected chi connectivity index (χ2v) is 5.50. The number of nitrogens with one attached hydrogen (secondary N) is 1. The van der Waals surface area contributed by atoms with Crippen molar-refractivity contribution in [3.63, 3.8) is 0 Å². The summed E-state index contributed by atoms with van der Waals surface area (Å²) in [4.78, 5) is 12.2. The molecule has 0 aliphatic carbocycles. The van der Waals surface area contributed by atoms with Gasteiger partial charge in [-0.1, -0.05) is 35.4 Å². The quantitative estimate of drug-likeness (QED) is 0.888. The smallest absolute Gasteiger partial charge is 0.251 e. The molecule has 1 N–H and O–H groups in total. The Morgan fingerprint density at radius 2 is 1.75 bits per heavy atom. The number of aryl methyl sites for hydroxylation is 2. The van der Waals surface area contributed by atoms with Crippen LogP contribution >= 0.6 is 11.6 Å². The second kappa shape index (κ2) is 6.10. The second-order valence-electron chi connectivity index (χ2n) is 5.06. The number of hydrogen-bond acceptors (Lipinski definition) is 1. The zero-order chi connectivity index (χ0) is 14.7. The van der Waals surface area contributed by atoms with Crippen molar-refractivity contribution in [1.82, 2.24) is 5.32 Å². The molecule has 0 fully saturated rings. The van der Waals surface area contributed by atoms with E-state index in [1.807, 2.05) is 6.92 Å². The minimum absolute atomic E-state index is 0.0296. The van der Waals surface area contributed by atoms with Crippen molar-refractivity contribution in [2.24, 2.45) is 0 Å². The SMILES string of the molecule is Cc1ccc(C)c([C@@H](C)NC(=O)c2ccc(Cl)cc2)c1. The molecular weight excluding hydrogens is 270 g/mol. The van der Waals surface area contributed by atoms with Gasteiger partial charge in [0.15, 0.2) is 0 Å². The first-order chi connectivity index (χ1) is 9.47. The number of amides is 1. The lowest BCUT2D eigenvalue weighted by Gasteiger charge is -2.17. The molecule has 0 bridgehead atoms. The van der Waals surface area contributed by atoms with Gasteiger partial charge in [-0.2, -0.15) is 0 Å². The van der Waals surface area contributed by atoms with Crippen LogP contribution in [0.25, 0.3) is 0 Å². The van der Waals surface area contributed by atoms with Crippen LogP contribution in [0.2, 0.25) is 5.02 Å². The fourth-order valence-electron chi connectivity index (χ4n) is 2.19. The van der Waals surface area contributed by atoms with E-state index in [4.69, 9.17) is 11.6 Å². The van der Waals surface area contributed by atoms with Crippen LogP contribution in [0, 0.1) is 13.8 Å². The van der Waals surface area contributed by atoms with Gasteiger partial charge in [-0.25, -0.2) is 0 Å². The summed E-state index contributed by atoms with van der Waals surface area (Å²) >= 11 is 5.82. The standard InChI is InChI=1S/C17H18ClNO/c1-11-4-5-12(2)16(10-11)13(3)19-17(20)14-6-8-15(18)9-7-14/h4-10,13H,1-3H3,(H,19,20)/t13-/m1/s1. The molecule has 0 radical (unpaired) electrons. The van der Waals surface area contributed by atoms with Crippen molar-refractivity contribution in [3.05, 3.63) is 69.7 Å². The van der Waals surface area contributed by atoms with Gasteiger partial charge in [-0.3, -0.25) is 4.79 Å². The number of carbonyl (C=O) groups excluding carboxylic acids is 1. The van der Waals surface area contributed by atoms with Crippen molar-refractivity contribution in [2.75, 3.05) is 0 Å². The topological polar surface area (TPSA) is 29.1 Å². The summed E-state index contributed by atoms with van der Waals surface area (Å²) < 4.78 is 0. The van der Waals surface area contributed by atoms with E-state index in [9.17, 15) is 4.79 Å². The first-order valence-corrected chi connectivity index (χ1v) is 6.99. The molecule has 0 saturated carbocycles. The van der Waals surface area contributed by atoms with Crippen LogP contribution in [-0.4, -0.2) is 5.91 Å². The number of carbonyl (C=O) groups is 1. The van der Waals surface area contributed by atoms with E-state index in [2.05, 4.69) is 37.4 Å². The van der Waals surface area contributed by atoms with Crippen molar-refractivity contribution in [3.8, 4) is 0 Å². The molecule has 3 heteroatoms. The highest BCUT2D eigenvalue weighted by molar-refractivity contribution is 6.30. The molecule has 0 aliphatic heterocycles. The van der Waals surface area contributed by atoms with Crippen LogP contribution in [-0.2, 0) is 0 Å². The Balaban J connectivity index is 2.15. The summed E-state index contributed by atoms with van der Waals surface area (Å²) in [5, 5.41) is 3.65. The number of benzene rings is 2. The van der Waals surface area contributed by atoms with Crippen molar-refractivity contribution in [1.29, 1.82) is 0 Å². The Morgan fingerprint density at radius 3 is 2.40 bits per heavy atom. The number of halogens is 1. The van der Waals surface area contributed by atoms with Gasteiger partial charge in [0.2, 0.25) is 0 Å². The number of rotatable bonds is 3. The normalized spacial score (nSPS) is 12.0. The van der Waals surface area contributed by atoms with Gasteiger partial charge >= 0.3 is 0 Å². The van der Waals surface area contributed by atoms with Crippen LogP contribution in [0.4, 0.5) is 0 Å². The van der Waals surface area contributed by atoms with Crippen molar-refractivity contribution in [2.45, 2.75) is 26.8 Å². The summed E-state index contributed by atoms with van der Waals surface area (Å²) in [6.45, 7) is 6.10. The van der Waals surface area contributed by atoms with E-state index in [-0.39, 0.29) is 11.9 Å². The fourth-order valence-corrected chi connectivity index (χ4v) is 2.31. The van der Waals surface area contributed by atoms with Gasteiger partial charge in [0, 0.05) is 10.6 Å². The molecule has 0 spiro atoms. The van der Waals surface area contributed by atoms with Crippen molar-refractivity contribution >= 4 is 17.5 Å². The molecule has 0 unspecified atom stereocenters. The van der Waals surface area contributed by atoms with Crippen LogP contribution in [0.5, 0.6) is 0 Å². The lowest BCUT2D eigenvalue weighted by atomic mass is 10.00. The molecule has 0 aliphatic rings. The monoisotopic (exact) mass is 287 g/mol.